The number of nitro groups is 1. The van der Waals surface area contributed by atoms with Gasteiger partial charge < -0.3 is 14.6 Å². The van der Waals surface area contributed by atoms with Gasteiger partial charge in [0, 0.05) is 37.8 Å². The van der Waals surface area contributed by atoms with Gasteiger partial charge in [0.1, 0.15) is 17.6 Å². The number of nitro benzene ring substituents is 1. The molecule has 32 heavy (non-hydrogen) atoms. The smallest absolute Gasteiger partial charge is 0.269 e. The lowest BCUT2D eigenvalue weighted by Crippen LogP contribution is -2.31. The van der Waals surface area contributed by atoms with Crippen LogP contribution in [0.2, 0.25) is 0 Å². The maximum atomic E-state index is 13.1. The highest BCUT2D eigenvalue weighted by atomic mass is 16.6. The molecule has 0 aliphatic carbocycles. The molecule has 0 saturated carbocycles. The number of nitrogens with one attached hydrogen (secondary N) is 1. The molecule has 2 heterocycles. The molecule has 0 radical (unpaired) electrons. The van der Waals surface area contributed by atoms with Crippen molar-refractivity contribution in [2.75, 3.05) is 7.11 Å². The van der Waals surface area contributed by atoms with Crippen molar-refractivity contribution in [2.24, 2.45) is 7.05 Å². The second-order valence-electron chi connectivity index (χ2n) is 7.03. The summed E-state index contributed by atoms with van der Waals surface area (Å²) in [7, 11) is 3.44. The van der Waals surface area contributed by atoms with Crippen LogP contribution in [-0.2, 0) is 7.05 Å². The first-order valence-electron chi connectivity index (χ1n) is 9.68. The summed E-state index contributed by atoms with van der Waals surface area (Å²) in [6, 6.07) is 12.8. The molecule has 0 fully saturated rings. The van der Waals surface area contributed by atoms with Crippen molar-refractivity contribution >= 4 is 11.6 Å². The van der Waals surface area contributed by atoms with Crippen LogP contribution in [0, 0.1) is 10.1 Å². The average molecular weight is 432 g/mol. The molecule has 1 atom stereocenters. The SMILES string of the molecule is COc1cccc(C(NC(=O)c2cnn(-c3ccc([N+](=O)[O-])cc3)c2)c2nccn2C)c1. The first-order chi connectivity index (χ1) is 15.5. The molecule has 4 rings (SSSR count). The molecule has 0 spiro atoms. The van der Waals surface area contributed by atoms with Gasteiger partial charge in [-0.15, -0.1) is 0 Å². The van der Waals surface area contributed by atoms with E-state index in [1.165, 1.54) is 23.0 Å². The Balaban J connectivity index is 1.60. The van der Waals surface area contributed by atoms with Gasteiger partial charge in [0.2, 0.25) is 0 Å². The molecule has 1 unspecified atom stereocenters. The predicted molar refractivity (Wildman–Crippen MR) is 116 cm³/mol. The Morgan fingerprint density at radius 2 is 2.00 bits per heavy atom. The highest BCUT2D eigenvalue weighted by Crippen LogP contribution is 2.25. The predicted octanol–water partition coefficient (Wildman–Crippen LogP) is 3.04. The van der Waals surface area contributed by atoms with Gasteiger partial charge in [-0.1, -0.05) is 12.1 Å². The van der Waals surface area contributed by atoms with E-state index in [1.807, 2.05) is 35.9 Å². The zero-order chi connectivity index (χ0) is 22.7. The first kappa shape index (κ1) is 20.8. The van der Waals surface area contributed by atoms with Gasteiger partial charge in [-0.3, -0.25) is 14.9 Å². The van der Waals surface area contributed by atoms with Crippen LogP contribution < -0.4 is 10.1 Å². The van der Waals surface area contributed by atoms with Crippen molar-refractivity contribution in [3.63, 3.8) is 0 Å². The monoisotopic (exact) mass is 432 g/mol. The lowest BCUT2D eigenvalue weighted by molar-refractivity contribution is -0.384. The fourth-order valence-corrected chi connectivity index (χ4v) is 3.30. The Bertz CT molecular complexity index is 1260. The number of carbonyl (C=O) groups is 1. The van der Waals surface area contributed by atoms with Crippen molar-refractivity contribution < 1.29 is 14.5 Å². The van der Waals surface area contributed by atoms with Crippen molar-refractivity contribution in [2.45, 2.75) is 6.04 Å². The zero-order valence-electron chi connectivity index (χ0n) is 17.4. The van der Waals surface area contributed by atoms with Gasteiger partial charge >= 0.3 is 0 Å². The molecular weight excluding hydrogens is 412 g/mol. The quantitative estimate of drug-likeness (QED) is 0.354. The number of imidazole rings is 1. The van der Waals surface area contributed by atoms with Crippen LogP contribution in [0.5, 0.6) is 5.75 Å². The van der Waals surface area contributed by atoms with E-state index in [9.17, 15) is 14.9 Å². The van der Waals surface area contributed by atoms with Gasteiger partial charge in [-0.05, 0) is 29.8 Å². The normalized spacial score (nSPS) is 11.7. The van der Waals surface area contributed by atoms with Gasteiger partial charge in [0.25, 0.3) is 11.6 Å². The van der Waals surface area contributed by atoms with Crippen molar-refractivity contribution in [3.05, 3.63) is 100 Å². The Hall–Kier alpha value is -4.47. The minimum atomic E-state index is -0.514. The number of aromatic nitrogens is 4. The number of aryl methyl sites for hydroxylation is 1. The summed E-state index contributed by atoms with van der Waals surface area (Å²) in [6.45, 7) is 0. The molecule has 0 bridgehead atoms. The second kappa shape index (κ2) is 8.72. The van der Waals surface area contributed by atoms with Crippen LogP contribution in [0.4, 0.5) is 5.69 Å². The van der Waals surface area contributed by atoms with Crippen molar-refractivity contribution in [1.82, 2.24) is 24.6 Å². The topological polar surface area (TPSA) is 117 Å². The van der Waals surface area contributed by atoms with Crippen LogP contribution in [0.3, 0.4) is 0 Å². The Morgan fingerprint density at radius 3 is 2.66 bits per heavy atom. The van der Waals surface area contributed by atoms with E-state index in [0.717, 1.165) is 5.56 Å². The summed E-state index contributed by atoms with van der Waals surface area (Å²) in [5, 5.41) is 18.1. The number of nitrogens with zero attached hydrogens (tertiary/aromatic N) is 5. The molecule has 4 aromatic rings. The first-order valence-corrected chi connectivity index (χ1v) is 9.68. The Morgan fingerprint density at radius 1 is 1.22 bits per heavy atom. The minimum Gasteiger partial charge on any atom is -0.497 e. The number of carbonyl (C=O) groups excluding carboxylic acids is 1. The number of non-ortho nitro benzene ring substituents is 1. The molecule has 0 aliphatic rings. The van der Waals surface area contributed by atoms with E-state index in [2.05, 4.69) is 15.4 Å². The summed E-state index contributed by atoms with van der Waals surface area (Å²) in [4.78, 5) is 27.8. The van der Waals surface area contributed by atoms with Crippen molar-refractivity contribution in [1.29, 1.82) is 0 Å². The molecular formula is C22H20N6O4. The number of hydrogen-bond acceptors (Lipinski definition) is 6. The average Bonchev–Trinajstić information content (AvgIpc) is 3.47. The van der Waals surface area contributed by atoms with E-state index in [4.69, 9.17) is 4.74 Å². The van der Waals surface area contributed by atoms with Crippen LogP contribution in [0.1, 0.15) is 27.8 Å². The maximum Gasteiger partial charge on any atom is 0.269 e. The number of rotatable bonds is 7. The van der Waals surface area contributed by atoms with Crippen LogP contribution in [-0.4, -0.2) is 37.3 Å². The van der Waals surface area contributed by atoms with Gasteiger partial charge in [0.05, 0.1) is 29.5 Å². The molecule has 1 amide bonds. The van der Waals surface area contributed by atoms with Crippen LogP contribution >= 0.6 is 0 Å². The van der Waals surface area contributed by atoms with E-state index < -0.39 is 11.0 Å². The number of methoxy groups -OCH3 is 1. The number of hydrogen-bond donors (Lipinski definition) is 1. The van der Waals surface area contributed by atoms with Gasteiger partial charge in [-0.2, -0.15) is 5.10 Å². The van der Waals surface area contributed by atoms with Gasteiger partial charge in [-0.25, -0.2) is 9.67 Å². The Labute approximate surface area is 183 Å². The standard InChI is InChI=1S/C22H20N6O4/c1-26-11-10-23-21(26)20(15-4-3-5-19(12-15)32-2)25-22(29)16-13-24-27(14-16)17-6-8-18(9-7-17)28(30)31/h3-14,20H,1-2H3,(H,25,29). The number of ether oxygens (including phenoxy) is 1. The molecule has 0 aliphatic heterocycles. The maximum absolute atomic E-state index is 13.1. The van der Waals surface area contributed by atoms with Crippen molar-refractivity contribution in [3.8, 4) is 11.4 Å². The lowest BCUT2D eigenvalue weighted by Gasteiger charge is -2.19. The van der Waals surface area contributed by atoms with E-state index in [0.29, 0.717) is 22.8 Å². The highest BCUT2D eigenvalue weighted by molar-refractivity contribution is 5.94. The van der Waals surface area contributed by atoms with Crippen LogP contribution in [0.25, 0.3) is 5.69 Å². The third-order valence-corrected chi connectivity index (χ3v) is 4.99. The minimum absolute atomic E-state index is 0.0185. The molecule has 10 nitrogen and oxygen atoms in total. The largest absolute Gasteiger partial charge is 0.497 e. The van der Waals surface area contributed by atoms with Crippen LogP contribution in [0.15, 0.2) is 73.3 Å². The molecule has 0 saturated heterocycles. The molecule has 2 aromatic carbocycles. The molecule has 1 N–H and O–H groups in total. The van der Waals surface area contributed by atoms with Gasteiger partial charge in [0.15, 0.2) is 0 Å². The summed E-state index contributed by atoms with van der Waals surface area (Å²) in [5.41, 5.74) is 1.73. The Kier molecular flexibility index (Phi) is 5.67. The van der Waals surface area contributed by atoms with E-state index >= 15 is 0 Å². The third-order valence-electron chi connectivity index (χ3n) is 4.99. The summed E-state index contributed by atoms with van der Waals surface area (Å²) in [5.74, 6) is 0.991. The summed E-state index contributed by atoms with van der Waals surface area (Å²) in [6.07, 6.45) is 6.48. The second-order valence-corrected chi connectivity index (χ2v) is 7.03. The number of amides is 1. The fraction of sp³-hybridized carbons (Fsp3) is 0.136. The summed E-state index contributed by atoms with van der Waals surface area (Å²) < 4.78 is 8.65. The lowest BCUT2D eigenvalue weighted by atomic mass is 10.1. The highest BCUT2D eigenvalue weighted by Gasteiger charge is 2.23. The van der Waals surface area contributed by atoms with E-state index in [-0.39, 0.29) is 11.6 Å². The summed E-state index contributed by atoms with van der Waals surface area (Å²) >= 11 is 0. The zero-order valence-corrected chi connectivity index (χ0v) is 17.4. The number of benzene rings is 2. The fourth-order valence-electron chi connectivity index (χ4n) is 3.30. The third kappa shape index (κ3) is 4.19. The molecule has 10 heteroatoms. The molecule has 162 valence electrons. The molecule has 2 aromatic heterocycles. The van der Waals surface area contributed by atoms with E-state index in [1.54, 1.807) is 37.8 Å².